The van der Waals surface area contributed by atoms with Crippen molar-refractivity contribution < 1.29 is 9.90 Å². The fourth-order valence-electron chi connectivity index (χ4n) is 4.03. The molecular formula is C28H29N3O3. The van der Waals surface area contributed by atoms with Crippen LogP contribution in [0, 0.1) is 12.8 Å². The van der Waals surface area contributed by atoms with Crippen molar-refractivity contribution in [2.45, 2.75) is 33.4 Å². The molecule has 0 aliphatic rings. The lowest BCUT2D eigenvalue weighted by atomic mass is 9.97. The van der Waals surface area contributed by atoms with Crippen molar-refractivity contribution in [3.05, 3.63) is 100 Å². The predicted octanol–water partition coefficient (Wildman–Crippen LogP) is 4.32. The lowest BCUT2D eigenvalue weighted by Crippen LogP contribution is -2.34. The summed E-state index contributed by atoms with van der Waals surface area (Å²) >= 11 is 0. The molecule has 0 fully saturated rings. The number of nitrogens with one attached hydrogen (secondary N) is 1. The second kappa shape index (κ2) is 10.4. The number of benzene rings is 2. The molecule has 0 saturated heterocycles. The van der Waals surface area contributed by atoms with Crippen LogP contribution in [0.3, 0.4) is 0 Å². The van der Waals surface area contributed by atoms with Gasteiger partial charge >= 0.3 is 0 Å². The normalized spacial score (nSPS) is 12.0. The summed E-state index contributed by atoms with van der Waals surface area (Å²) in [6.45, 7) is 4.59. The van der Waals surface area contributed by atoms with E-state index in [1.165, 1.54) is 4.57 Å². The van der Waals surface area contributed by atoms with Crippen LogP contribution in [0.15, 0.2) is 77.7 Å². The first-order valence-electron chi connectivity index (χ1n) is 11.5. The molecule has 4 rings (SSSR count). The fourth-order valence-corrected chi connectivity index (χ4v) is 4.03. The number of aliphatic hydroxyl groups is 1. The number of hydrogen-bond donors (Lipinski definition) is 2. The van der Waals surface area contributed by atoms with E-state index in [1.807, 2.05) is 74.5 Å². The molecule has 174 valence electrons. The highest BCUT2D eigenvalue weighted by atomic mass is 16.3. The third-order valence-electron chi connectivity index (χ3n) is 6.04. The van der Waals surface area contributed by atoms with Crippen molar-refractivity contribution in [2.24, 2.45) is 5.92 Å². The molecule has 0 aliphatic carbocycles. The predicted molar refractivity (Wildman–Crippen MR) is 135 cm³/mol. The smallest absolute Gasteiger partial charge is 0.277 e. The average molecular weight is 456 g/mol. The Morgan fingerprint density at radius 2 is 1.79 bits per heavy atom. The lowest BCUT2D eigenvalue weighted by Gasteiger charge is -2.20. The van der Waals surface area contributed by atoms with Gasteiger partial charge in [0.2, 0.25) is 0 Å². The summed E-state index contributed by atoms with van der Waals surface area (Å²) in [6, 6.07) is 21.2. The molecule has 2 aromatic carbocycles. The minimum absolute atomic E-state index is 0.00520. The van der Waals surface area contributed by atoms with E-state index in [1.54, 1.807) is 12.3 Å². The van der Waals surface area contributed by atoms with Crippen LogP contribution >= 0.6 is 0 Å². The number of aliphatic hydroxyl groups excluding tert-OH is 1. The van der Waals surface area contributed by atoms with E-state index in [2.05, 4.69) is 10.3 Å². The molecule has 2 heterocycles. The molecule has 2 N–H and O–H groups in total. The zero-order chi connectivity index (χ0) is 24.1. The maximum absolute atomic E-state index is 13.7. The van der Waals surface area contributed by atoms with Gasteiger partial charge in [-0.15, -0.1) is 0 Å². The first kappa shape index (κ1) is 23.4. The molecule has 1 atom stereocenters. The second-order valence-electron chi connectivity index (χ2n) is 8.69. The number of amides is 1. The fraction of sp³-hybridized carbons (Fsp3) is 0.250. The zero-order valence-electron chi connectivity index (χ0n) is 19.5. The van der Waals surface area contributed by atoms with E-state index < -0.39 is 0 Å². The van der Waals surface area contributed by atoms with Gasteiger partial charge in [-0.3, -0.25) is 14.6 Å². The van der Waals surface area contributed by atoms with E-state index in [4.69, 9.17) is 0 Å². The Labute approximate surface area is 198 Å². The average Bonchev–Trinajstić information content (AvgIpc) is 2.87. The Balaban J connectivity index is 1.91. The quantitative estimate of drug-likeness (QED) is 0.414. The maximum atomic E-state index is 13.7. The maximum Gasteiger partial charge on any atom is 0.277 e. The van der Waals surface area contributed by atoms with E-state index in [0.717, 1.165) is 16.7 Å². The van der Waals surface area contributed by atoms with Crippen molar-refractivity contribution in [3.8, 4) is 11.1 Å². The molecule has 6 nitrogen and oxygen atoms in total. The van der Waals surface area contributed by atoms with Crippen LogP contribution in [0.4, 0.5) is 0 Å². The van der Waals surface area contributed by atoms with Gasteiger partial charge in [0.15, 0.2) is 0 Å². The molecular weight excluding hydrogens is 426 g/mol. The third-order valence-corrected chi connectivity index (χ3v) is 6.04. The Morgan fingerprint density at radius 1 is 1.06 bits per heavy atom. The summed E-state index contributed by atoms with van der Waals surface area (Å²) in [6.07, 6.45) is 2.15. The second-order valence-corrected chi connectivity index (χ2v) is 8.69. The van der Waals surface area contributed by atoms with E-state index in [0.29, 0.717) is 41.7 Å². The third kappa shape index (κ3) is 4.92. The molecule has 0 bridgehead atoms. The van der Waals surface area contributed by atoms with Crippen LogP contribution in [0.5, 0.6) is 0 Å². The van der Waals surface area contributed by atoms with E-state index in [-0.39, 0.29) is 24.0 Å². The summed E-state index contributed by atoms with van der Waals surface area (Å²) in [4.78, 5) is 31.6. The molecule has 0 saturated carbocycles. The van der Waals surface area contributed by atoms with Crippen LogP contribution in [-0.2, 0) is 13.1 Å². The molecule has 34 heavy (non-hydrogen) atoms. The van der Waals surface area contributed by atoms with Crippen molar-refractivity contribution in [1.29, 1.82) is 0 Å². The Hall–Kier alpha value is -3.77. The number of carbonyl (C=O) groups is 1. The molecule has 1 amide bonds. The van der Waals surface area contributed by atoms with Crippen molar-refractivity contribution in [3.63, 3.8) is 0 Å². The van der Waals surface area contributed by atoms with Gasteiger partial charge in [0.25, 0.3) is 11.5 Å². The largest absolute Gasteiger partial charge is 0.396 e. The Morgan fingerprint density at radius 3 is 2.50 bits per heavy atom. The van der Waals surface area contributed by atoms with Crippen molar-refractivity contribution in [2.75, 3.05) is 6.61 Å². The van der Waals surface area contributed by atoms with Gasteiger partial charge in [-0.2, -0.15) is 0 Å². The van der Waals surface area contributed by atoms with Gasteiger partial charge < -0.3 is 15.0 Å². The molecule has 0 spiro atoms. The minimum atomic E-state index is -0.320. The molecule has 2 aromatic heterocycles. The first-order valence-corrected chi connectivity index (χ1v) is 11.5. The number of hydrogen-bond acceptors (Lipinski definition) is 4. The molecule has 0 aliphatic heterocycles. The molecule has 4 aromatic rings. The van der Waals surface area contributed by atoms with E-state index in [9.17, 15) is 14.7 Å². The van der Waals surface area contributed by atoms with Crippen LogP contribution in [0.25, 0.3) is 22.0 Å². The van der Waals surface area contributed by atoms with Crippen molar-refractivity contribution in [1.82, 2.24) is 14.9 Å². The Bertz CT molecular complexity index is 1350. The first-order chi connectivity index (χ1) is 16.5. The Kier molecular flexibility index (Phi) is 7.18. The summed E-state index contributed by atoms with van der Waals surface area (Å²) in [5, 5.41) is 13.2. The topological polar surface area (TPSA) is 84.2 Å². The number of aryl methyl sites for hydroxylation is 1. The SMILES string of the molecule is Cc1ccc(-c2c(C(=O)NCc3ccccc3)n(CC[C@@H](C)CO)c(=O)c3ncccc23)cc1. The minimum Gasteiger partial charge on any atom is -0.396 e. The van der Waals surface area contributed by atoms with Gasteiger partial charge in [0, 0.05) is 36.8 Å². The van der Waals surface area contributed by atoms with Crippen LogP contribution in [0.1, 0.15) is 35.0 Å². The van der Waals surface area contributed by atoms with E-state index >= 15 is 0 Å². The van der Waals surface area contributed by atoms with Crippen LogP contribution < -0.4 is 10.9 Å². The number of fused-ring (bicyclic) bond motifs is 1. The molecule has 0 radical (unpaired) electrons. The van der Waals surface area contributed by atoms with Gasteiger partial charge in [0.05, 0.1) is 0 Å². The summed E-state index contributed by atoms with van der Waals surface area (Å²) < 4.78 is 1.52. The number of nitrogens with zero attached hydrogens (tertiary/aromatic N) is 2. The zero-order valence-corrected chi connectivity index (χ0v) is 19.5. The molecule has 6 heteroatoms. The van der Waals surface area contributed by atoms with Crippen LogP contribution in [-0.4, -0.2) is 27.2 Å². The van der Waals surface area contributed by atoms with Gasteiger partial charge in [-0.05, 0) is 36.5 Å². The lowest BCUT2D eigenvalue weighted by molar-refractivity contribution is 0.0940. The highest BCUT2D eigenvalue weighted by Gasteiger charge is 2.24. The number of rotatable bonds is 8. The van der Waals surface area contributed by atoms with Gasteiger partial charge in [-0.25, -0.2) is 0 Å². The summed E-state index contributed by atoms with van der Waals surface area (Å²) in [5.41, 5.74) is 3.94. The van der Waals surface area contributed by atoms with Crippen LogP contribution in [0.2, 0.25) is 0 Å². The summed E-state index contributed by atoms with van der Waals surface area (Å²) in [5.74, 6) is -0.326. The highest BCUT2D eigenvalue weighted by Crippen LogP contribution is 2.31. The van der Waals surface area contributed by atoms with Crippen molar-refractivity contribution >= 4 is 16.8 Å². The van der Waals surface area contributed by atoms with Gasteiger partial charge in [-0.1, -0.05) is 73.2 Å². The molecule has 0 unspecified atom stereocenters. The number of carbonyl (C=O) groups excluding carboxylic acids is 1. The monoisotopic (exact) mass is 455 g/mol. The highest BCUT2D eigenvalue weighted by molar-refractivity contribution is 6.07. The number of aromatic nitrogens is 2. The summed E-state index contributed by atoms with van der Waals surface area (Å²) in [7, 11) is 0. The number of pyridine rings is 2. The van der Waals surface area contributed by atoms with Gasteiger partial charge in [0.1, 0.15) is 11.2 Å². The standard InChI is InChI=1S/C28H29N3O3/c1-19-10-12-22(13-11-19)24-23-9-6-15-29-25(23)28(34)31(16-14-20(2)18-32)26(24)27(33)30-17-21-7-4-3-5-8-21/h3-13,15,20,32H,14,16-18H2,1-2H3,(H,30,33)/t20-/m1/s1.